The van der Waals surface area contributed by atoms with Gasteiger partial charge in [0.05, 0.1) is 6.54 Å². The zero-order valence-electron chi connectivity index (χ0n) is 12.5. The van der Waals surface area contributed by atoms with Gasteiger partial charge in [0, 0.05) is 11.4 Å². The minimum absolute atomic E-state index is 0.479. The molecule has 2 heteroatoms. The van der Waals surface area contributed by atoms with Crippen molar-refractivity contribution in [3.63, 3.8) is 0 Å². The molecule has 2 aromatic rings. The third-order valence-corrected chi connectivity index (χ3v) is 3.59. The molecule has 0 saturated carbocycles. The molecule has 2 nitrogen and oxygen atoms in total. The quantitative estimate of drug-likeness (QED) is 0.821. The molecule has 1 heterocycles. The molecule has 0 saturated heterocycles. The van der Waals surface area contributed by atoms with Crippen LogP contribution in [0.2, 0.25) is 0 Å². The van der Waals surface area contributed by atoms with Crippen molar-refractivity contribution in [2.45, 2.75) is 59.5 Å². The van der Waals surface area contributed by atoms with Crippen molar-refractivity contribution < 1.29 is 4.42 Å². The van der Waals surface area contributed by atoms with E-state index in [1.54, 1.807) is 0 Å². The van der Waals surface area contributed by atoms with E-state index in [4.69, 9.17) is 4.42 Å². The van der Waals surface area contributed by atoms with Crippen LogP contribution in [0.25, 0.3) is 11.0 Å². The summed E-state index contributed by atoms with van der Waals surface area (Å²) in [4.78, 5) is 0. The predicted molar refractivity (Wildman–Crippen MR) is 81.5 cm³/mol. The zero-order chi connectivity index (χ0) is 13.8. The van der Waals surface area contributed by atoms with Crippen LogP contribution in [0.3, 0.4) is 0 Å². The fourth-order valence-electron chi connectivity index (χ4n) is 2.32. The Labute approximate surface area is 116 Å². The minimum atomic E-state index is 0.479. The minimum Gasteiger partial charge on any atom is -0.459 e. The predicted octanol–water partition coefficient (Wildman–Crippen LogP) is 4.58. The molecule has 1 aromatic heterocycles. The fourth-order valence-corrected chi connectivity index (χ4v) is 2.32. The number of rotatable bonds is 6. The molecule has 0 fully saturated rings. The standard InChI is InChI=1S/C17H25NO/c1-5-6-7-14-8-9-16-15(10-14)13(4)17(19-16)11-18-12(2)3/h8-10,12,18H,5-7,11H2,1-4H3. The topological polar surface area (TPSA) is 25.2 Å². The number of benzene rings is 1. The number of hydrogen-bond donors (Lipinski definition) is 1. The molecule has 0 aliphatic rings. The maximum atomic E-state index is 5.95. The first-order valence-electron chi connectivity index (χ1n) is 7.36. The van der Waals surface area contributed by atoms with Crippen molar-refractivity contribution in [3.05, 3.63) is 35.1 Å². The van der Waals surface area contributed by atoms with E-state index < -0.39 is 0 Å². The zero-order valence-corrected chi connectivity index (χ0v) is 12.5. The van der Waals surface area contributed by atoms with E-state index in [1.807, 2.05) is 0 Å². The van der Waals surface area contributed by atoms with Crippen molar-refractivity contribution in [1.29, 1.82) is 0 Å². The molecule has 0 radical (unpaired) electrons. The van der Waals surface area contributed by atoms with Gasteiger partial charge in [0.2, 0.25) is 0 Å². The average molecular weight is 259 g/mol. The van der Waals surface area contributed by atoms with Gasteiger partial charge < -0.3 is 9.73 Å². The lowest BCUT2D eigenvalue weighted by atomic mass is 10.0. The van der Waals surface area contributed by atoms with Gasteiger partial charge in [-0.05, 0) is 43.0 Å². The number of unbranched alkanes of at least 4 members (excludes halogenated alkanes) is 1. The smallest absolute Gasteiger partial charge is 0.134 e. The summed E-state index contributed by atoms with van der Waals surface area (Å²) in [5, 5.41) is 4.69. The van der Waals surface area contributed by atoms with Gasteiger partial charge >= 0.3 is 0 Å². The van der Waals surface area contributed by atoms with Crippen LogP contribution in [-0.4, -0.2) is 6.04 Å². The second-order valence-corrected chi connectivity index (χ2v) is 5.62. The van der Waals surface area contributed by atoms with Crippen LogP contribution >= 0.6 is 0 Å². The fraction of sp³-hybridized carbons (Fsp3) is 0.529. The summed E-state index contributed by atoms with van der Waals surface area (Å²) < 4.78 is 5.95. The lowest BCUT2D eigenvalue weighted by Gasteiger charge is -2.05. The summed E-state index contributed by atoms with van der Waals surface area (Å²) in [5.41, 5.74) is 3.71. The van der Waals surface area contributed by atoms with Crippen LogP contribution in [-0.2, 0) is 13.0 Å². The van der Waals surface area contributed by atoms with Gasteiger partial charge in [-0.25, -0.2) is 0 Å². The van der Waals surface area contributed by atoms with Crippen molar-refractivity contribution in [1.82, 2.24) is 5.32 Å². The van der Waals surface area contributed by atoms with Gasteiger partial charge in [0.1, 0.15) is 11.3 Å². The van der Waals surface area contributed by atoms with Crippen molar-refractivity contribution in [3.8, 4) is 0 Å². The molecule has 19 heavy (non-hydrogen) atoms. The number of fused-ring (bicyclic) bond motifs is 1. The highest BCUT2D eigenvalue weighted by molar-refractivity contribution is 5.82. The van der Waals surface area contributed by atoms with E-state index in [9.17, 15) is 0 Å². The van der Waals surface area contributed by atoms with Crippen molar-refractivity contribution in [2.75, 3.05) is 0 Å². The van der Waals surface area contributed by atoms with Gasteiger partial charge in [-0.2, -0.15) is 0 Å². The molecule has 0 spiro atoms. The van der Waals surface area contributed by atoms with E-state index in [2.05, 4.69) is 51.2 Å². The molecule has 1 aromatic carbocycles. The first-order valence-corrected chi connectivity index (χ1v) is 7.36. The highest BCUT2D eigenvalue weighted by Gasteiger charge is 2.11. The molecule has 0 bridgehead atoms. The third-order valence-electron chi connectivity index (χ3n) is 3.59. The lowest BCUT2D eigenvalue weighted by molar-refractivity contribution is 0.485. The first-order chi connectivity index (χ1) is 9.11. The second kappa shape index (κ2) is 6.25. The molecule has 104 valence electrons. The Bertz CT molecular complexity index is 539. The van der Waals surface area contributed by atoms with Crippen LogP contribution in [0, 0.1) is 6.92 Å². The third kappa shape index (κ3) is 3.38. The Balaban J connectivity index is 2.24. The molecule has 2 rings (SSSR count). The second-order valence-electron chi connectivity index (χ2n) is 5.62. The number of hydrogen-bond acceptors (Lipinski definition) is 2. The summed E-state index contributed by atoms with van der Waals surface area (Å²) >= 11 is 0. The molecule has 0 unspecified atom stereocenters. The summed E-state index contributed by atoms with van der Waals surface area (Å²) in [7, 11) is 0. The van der Waals surface area contributed by atoms with E-state index >= 15 is 0 Å². The number of nitrogens with one attached hydrogen (secondary N) is 1. The summed E-state index contributed by atoms with van der Waals surface area (Å²) in [6.07, 6.45) is 3.66. The number of aryl methyl sites for hydroxylation is 2. The molecule has 0 amide bonds. The number of furan rings is 1. The largest absolute Gasteiger partial charge is 0.459 e. The normalized spacial score (nSPS) is 11.6. The molecule has 0 atom stereocenters. The lowest BCUT2D eigenvalue weighted by Crippen LogP contribution is -2.21. The van der Waals surface area contributed by atoms with Gasteiger partial charge in [-0.1, -0.05) is 33.3 Å². The SMILES string of the molecule is CCCCc1ccc2oc(CNC(C)C)c(C)c2c1. The summed E-state index contributed by atoms with van der Waals surface area (Å²) in [5.74, 6) is 1.07. The Morgan fingerprint density at radius 1 is 1.26 bits per heavy atom. The van der Waals surface area contributed by atoms with Gasteiger partial charge in [-0.3, -0.25) is 0 Å². The van der Waals surface area contributed by atoms with Crippen LogP contribution in [0.5, 0.6) is 0 Å². The monoisotopic (exact) mass is 259 g/mol. The van der Waals surface area contributed by atoms with E-state index in [-0.39, 0.29) is 0 Å². The van der Waals surface area contributed by atoms with Crippen molar-refractivity contribution in [2.24, 2.45) is 0 Å². The van der Waals surface area contributed by atoms with Gasteiger partial charge in [0.25, 0.3) is 0 Å². The van der Waals surface area contributed by atoms with E-state index in [1.165, 1.54) is 29.4 Å². The van der Waals surface area contributed by atoms with E-state index in [0.717, 1.165) is 24.3 Å². The van der Waals surface area contributed by atoms with E-state index in [0.29, 0.717) is 6.04 Å². The van der Waals surface area contributed by atoms with Crippen molar-refractivity contribution >= 4 is 11.0 Å². The maximum Gasteiger partial charge on any atom is 0.134 e. The molecule has 1 N–H and O–H groups in total. The average Bonchev–Trinajstić information content (AvgIpc) is 2.71. The molecule has 0 aliphatic carbocycles. The van der Waals surface area contributed by atoms with Crippen LogP contribution in [0.15, 0.2) is 22.6 Å². The summed E-state index contributed by atoms with van der Waals surface area (Å²) in [6, 6.07) is 7.09. The Hall–Kier alpha value is -1.28. The van der Waals surface area contributed by atoms with Crippen LogP contribution < -0.4 is 5.32 Å². The molecule has 0 aliphatic heterocycles. The Morgan fingerprint density at radius 3 is 2.74 bits per heavy atom. The van der Waals surface area contributed by atoms with Gasteiger partial charge in [-0.15, -0.1) is 0 Å². The maximum absolute atomic E-state index is 5.95. The highest BCUT2D eigenvalue weighted by Crippen LogP contribution is 2.26. The molecular formula is C17H25NO. The van der Waals surface area contributed by atoms with Crippen LogP contribution in [0.4, 0.5) is 0 Å². The Morgan fingerprint density at radius 2 is 2.05 bits per heavy atom. The summed E-state index contributed by atoms with van der Waals surface area (Å²) in [6.45, 7) is 9.51. The first kappa shape index (κ1) is 14.1. The Kier molecular flexibility index (Phi) is 4.65. The highest BCUT2D eigenvalue weighted by atomic mass is 16.3. The van der Waals surface area contributed by atoms with Crippen LogP contribution in [0.1, 0.15) is 50.5 Å². The molecular weight excluding hydrogens is 234 g/mol. The van der Waals surface area contributed by atoms with Gasteiger partial charge in [0.15, 0.2) is 0 Å².